The van der Waals surface area contributed by atoms with Crippen LogP contribution in [-0.2, 0) is 0 Å². The molecular formula is C15H19N3O2S. The number of nitrogens with zero attached hydrogens (tertiary/aromatic N) is 2. The van der Waals surface area contributed by atoms with Gasteiger partial charge in [-0.1, -0.05) is 17.8 Å². The molecule has 2 rings (SSSR count). The molecule has 1 aromatic heterocycles. The standard InChI is InChI=1S/C15H19N3O2S/c1-10-7-17-15(18-8-10)21-9-13(16)12-5-4-11(19-2)6-14(12)20-3/h4-8,13H,9,16H2,1-3H3. The molecular weight excluding hydrogens is 286 g/mol. The van der Waals surface area contributed by atoms with Crippen molar-refractivity contribution in [3.8, 4) is 11.5 Å². The molecule has 112 valence electrons. The van der Waals surface area contributed by atoms with Gasteiger partial charge < -0.3 is 15.2 Å². The monoisotopic (exact) mass is 305 g/mol. The minimum absolute atomic E-state index is 0.166. The van der Waals surface area contributed by atoms with Gasteiger partial charge in [0.15, 0.2) is 5.16 Å². The maximum absolute atomic E-state index is 6.24. The van der Waals surface area contributed by atoms with E-state index >= 15 is 0 Å². The summed E-state index contributed by atoms with van der Waals surface area (Å²) in [7, 11) is 3.25. The highest BCUT2D eigenvalue weighted by atomic mass is 32.2. The SMILES string of the molecule is COc1ccc(C(N)CSc2ncc(C)cn2)c(OC)c1. The second kappa shape index (κ2) is 7.28. The van der Waals surface area contributed by atoms with E-state index in [0.717, 1.165) is 27.8 Å². The Balaban J connectivity index is 2.05. The highest BCUT2D eigenvalue weighted by molar-refractivity contribution is 7.99. The molecule has 0 aliphatic rings. The minimum atomic E-state index is -0.166. The van der Waals surface area contributed by atoms with Gasteiger partial charge in [-0.05, 0) is 18.6 Å². The summed E-state index contributed by atoms with van der Waals surface area (Å²) in [5.74, 6) is 2.15. The molecule has 2 aromatic rings. The third-order valence-electron chi connectivity index (χ3n) is 2.99. The van der Waals surface area contributed by atoms with Crippen LogP contribution in [0.2, 0.25) is 0 Å². The molecule has 0 saturated heterocycles. The Morgan fingerprint density at radius 2 is 1.90 bits per heavy atom. The van der Waals surface area contributed by atoms with E-state index < -0.39 is 0 Å². The van der Waals surface area contributed by atoms with Crippen LogP contribution >= 0.6 is 11.8 Å². The fourth-order valence-electron chi connectivity index (χ4n) is 1.83. The Morgan fingerprint density at radius 3 is 2.52 bits per heavy atom. The van der Waals surface area contributed by atoms with Crippen molar-refractivity contribution in [1.29, 1.82) is 0 Å². The first-order valence-electron chi connectivity index (χ1n) is 6.53. The quantitative estimate of drug-likeness (QED) is 0.653. The molecule has 1 atom stereocenters. The summed E-state index contributed by atoms with van der Waals surface area (Å²) in [6.45, 7) is 1.96. The molecule has 5 nitrogen and oxygen atoms in total. The first-order valence-corrected chi connectivity index (χ1v) is 7.51. The number of aryl methyl sites for hydroxylation is 1. The lowest BCUT2D eigenvalue weighted by Gasteiger charge is -2.16. The van der Waals surface area contributed by atoms with Gasteiger partial charge in [0.1, 0.15) is 11.5 Å². The van der Waals surface area contributed by atoms with Gasteiger partial charge in [-0.2, -0.15) is 0 Å². The predicted octanol–water partition coefficient (Wildman–Crippen LogP) is 2.59. The third-order valence-corrected chi connectivity index (χ3v) is 3.98. The number of nitrogens with two attached hydrogens (primary N) is 1. The number of rotatable bonds is 6. The van der Waals surface area contributed by atoms with Crippen LogP contribution in [0.15, 0.2) is 35.7 Å². The van der Waals surface area contributed by atoms with Crippen LogP contribution < -0.4 is 15.2 Å². The first-order chi connectivity index (χ1) is 10.1. The van der Waals surface area contributed by atoms with Crippen molar-refractivity contribution in [3.05, 3.63) is 41.7 Å². The van der Waals surface area contributed by atoms with Gasteiger partial charge in [0.2, 0.25) is 0 Å². The first kappa shape index (κ1) is 15.6. The van der Waals surface area contributed by atoms with Crippen LogP contribution in [0.3, 0.4) is 0 Å². The van der Waals surface area contributed by atoms with Crippen LogP contribution in [0.4, 0.5) is 0 Å². The number of methoxy groups -OCH3 is 2. The van der Waals surface area contributed by atoms with E-state index in [4.69, 9.17) is 15.2 Å². The molecule has 2 N–H and O–H groups in total. The lowest BCUT2D eigenvalue weighted by molar-refractivity contribution is 0.389. The fraction of sp³-hybridized carbons (Fsp3) is 0.333. The number of benzene rings is 1. The molecule has 6 heteroatoms. The summed E-state index contributed by atoms with van der Waals surface area (Å²) in [6, 6.07) is 5.48. The molecule has 0 aliphatic carbocycles. The molecule has 0 radical (unpaired) electrons. The Labute approximate surface area is 128 Å². The molecule has 0 spiro atoms. The summed E-state index contributed by atoms with van der Waals surface area (Å²) in [4.78, 5) is 8.52. The van der Waals surface area contributed by atoms with Gasteiger partial charge in [-0.15, -0.1) is 0 Å². The Kier molecular flexibility index (Phi) is 5.41. The largest absolute Gasteiger partial charge is 0.497 e. The third kappa shape index (κ3) is 4.09. The number of thioether (sulfide) groups is 1. The van der Waals surface area contributed by atoms with E-state index in [0.29, 0.717) is 5.75 Å². The molecule has 1 heterocycles. The van der Waals surface area contributed by atoms with Gasteiger partial charge in [0.25, 0.3) is 0 Å². The van der Waals surface area contributed by atoms with E-state index in [-0.39, 0.29) is 6.04 Å². The molecule has 0 amide bonds. The number of hydrogen-bond acceptors (Lipinski definition) is 6. The number of hydrogen-bond donors (Lipinski definition) is 1. The fourth-order valence-corrected chi connectivity index (χ4v) is 2.60. The topological polar surface area (TPSA) is 70.3 Å². The van der Waals surface area contributed by atoms with Gasteiger partial charge in [-0.25, -0.2) is 9.97 Å². The maximum Gasteiger partial charge on any atom is 0.187 e. The van der Waals surface area contributed by atoms with Crippen molar-refractivity contribution in [2.75, 3.05) is 20.0 Å². The van der Waals surface area contributed by atoms with E-state index in [1.54, 1.807) is 26.6 Å². The Bertz CT molecular complexity index is 590. The lowest BCUT2D eigenvalue weighted by atomic mass is 10.1. The average Bonchev–Trinajstić information content (AvgIpc) is 2.53. The van der Waals surface area contributed by atoms with Gasteiger partial charge in [0.05, 0.1) is 14.2 Å². The normalized spacial score (nSPS) is 12.0. The summed E-state index contributed by atoms with van der Waals surface area (Å²) < 4.78 is 10.6. The van der Waals surface area contributed by atoms with Crippen molar-refractivity contribution in [1.82, 2.24) is 9.97 Å². The van der Waals surface area contributed by atoms with Crippen LogP contribution in [0.1, 0.15) is 17.2 Å². The molecule has 0 saturated carbocycles. The molecule has 1 unspecified atom stereocenters. The van der Waals surface area contributed by atoms with Crippen molar-refractivity contribution in [2.45, 2.75) is 18.1 Å². The van der Waals surface area contributed by atoms with Crippen LogP contribution in [0.5, 0.6) is 11.5 Å². The minimum Gasteiger partial charge on any atom is -0.497 e. The maximum atomic E-state index is 6.24. The zero-order chi connectivity index (χ0) is 15.2. The van der Waals surface area contributed by atoms with Crippen LogP contribution in [0, 0.1) is 6.92 Å². The zero-order valence-corrected chi connectivity index (χ0v) is 13.2. The van der Waals surface area contributed by atoms with Crippen LogP contribution in [0.25, 0.3) is 0 Å². The van der Waals surface area contributed by atoms with Gasteiger partial charge >= 0.3 is 0 Å². The highest BCUT2D eigenvalue weighted by Gasteiger charge is 2.14. The zero-order valence-electron chi connectivity index (χ0n) is 12.4. The molecule has 0 fully saturated rings. The van der Waals surface area contributed by atoms with Crippen molar-refractivity contribution in [2.24, 2.45) is 5.73 Å². The number of ether oxygens (including phenoxy) is 2. The molecule has 1 aromatic carbocycles. The van der Waals surface area contributed by atoms with Crippen molar-refractivity contribution >= 4 is 11.8 Å². The summed E-state index contributed by atoms with van der Waals surface area (Å²) >= 11 is 1.53. The highest BCUT2D eigenvalue weighted by Crippen LogP contribution is 2.30. The Hall–Kier alpha value is -1.79. The Morgan fingerprint density at radius 1 is 1.19 bits per heavy atom. The summed E-state index contributed by atoms with van der Waals surface area (Å²) in [6.07, 6.45) is 3.60. The van der Waals surface area contributed by atoms with E-state index in [2.05, 4.69) is 9.97 Å². The van der Waals surface area contributed by atoms with Crippen molar-refractivity contribution in [3.63, 3.8) is 0 Å². The summed E-state index contributed by atoms with van der Waals surface area (Å²) in [5, 5.41) is 0.725. The molecule has 0 aliphatic heterocycles. The van der Waals surface area contributed by atoms with Crippen LogP contribution in [-0.4, -0.2) is 29.9 Å². The van der Waals surface area contributed by atoms with E-state index in [1.807, 2.05) is 25.1 Å². The van der Waals surface area contributed by atoms with Gasteiger partial charge in [-0.3, -0.25) is 0 Å². The predicted molar refractivity (Wildman–Crippen MR) is 84.0 cm³/mol. The average molecular weight is 305 g/mol. The lowest BCUT2D eigenvalue weighted by Crippen LogP contribution is -2.14. The number of aromatic nitrogens is 2. The van der Waals surface area contributed by atoms with Gasteiger partial charge in [0, 0.05) is 35.8 Å². The van der Waals surface area contributed by atoms with Crippen molar-refractivity contribution < 1.29 is 9.47 Å². The molecule has 0 bridgehead atoms. The second-order valence-electron chi connectivity index (χ2n) is 4.57. The second-order valence-corrected chi connectivity index (χ2v) is 5.56. The molecule has 21 heavy (non-hydrogen) atoms. The summed E-state index contributed by atoms with van der Waals surface area (Å²) in [5.41, 5.74) is 8.23. The van der Waals surface area contributed by atoms with E-state index in [9.17, 15) is 0 Å². The van der Waals surface area contributed by atoms with E-state index in [1.165, 1.54) is 11.8 Å². The smallest absolute Gasteiger partial charge is 0.187 e.